The van der Waals surface area contributed by atoms with E-state index in [0.29, 0.717) is 19.8 Å². The summed E-state index contributed by atoms with van der Waals surface area (Å²) in [5.74, 6) is 0.876. The molecule has 1 N–H and O–H groups in total. The molecule has 0 heterocycles. The third-order valence-electron chi connectivity index (χ3n) is 5.28. The highest BCUT2D eigenvalue weighted by atomic mass is 16.5. The average molecular weight is 367 g/mol. The second kappa shape index (κ2) is 9.56. The number of nitrogens with one attached hydrogen (secondary N) is 1. The van der Waals surface area contributed by atoms with Gasteiger partial charge in [0.05, 0.1) is 12.0 Å². The van der Waals surface area contributed by atoms with Crippen LogP contribution in [0.15, 0.2) is 54.6 Å². The van der Waals surface area contributed by atoms with Crippen LogP contribution < -0.4 is 10.1 Å². The number of benzene rings is 2. The SMILES string of the molecule is CCOCCOc1ccc(NC(=O)C2(c3ccccc3)CCCCC2)cc1. The van der Waals surface area contributed by atoms with Crippen molar-refractivity contribution < 1.29 is 14.3 Å². The highest BCUT2D eigenvalue weighted by Crippen LogP contribution is 2.40. The van der Waals surface area contributed by atoms with Crippen LogP contribution >= 0.6 is 0 Å². The molecule has 144 valence electrons. The van der Waals surface area contributed by atoms with Crippen LogP contribution in [0.1, 0.15) is 44.6 Å². The minimum absolute atomic E-state index is 0.0958. The van der Waals surface area contributed by atoms with E-state index in [-0.39, 0.29) is 5.91 Å². The van der Waals surface area contributed by atoms with Crippen molar-refractivity contribution >= 4 is 11.6 Å². The van der Waals surface area contributed by atoms with Gasteiger partial charge in [-0.25, -0.2) is 0 Å². The lowest BCUT2D eigenvalue weighted by molar-refractivity contribution is -0.122. The number of carbonyl (C=O) groups is 1. The van der Waals surface area contributed by atoms with Crippen molar-refractivity contribution in [1.82, 2.24) is 0 Å². The van der Waals surface area contributed by atoms with Gasteiger partial charge >= 0.3 is 0 Å². The quantitative estimate of drug-likeness (QED) is 0.672. The molecule has 0 aliphatic heterocycles. The van der Waals surface area contributed by atoms with Gasteiger partial charge < -0.3 is 14.8 Å². The molecular weight excluding hydrogens is 338 g/mol. The van der Waals surface area contributed by atoms with E-state index in [9.17, 15) is 4.79 Å². The third-order valence-corrected chi connectivity index (χ3v) is 5.28. The van der Waals surface area contributed by atoms with E-state index in [1.54, 1.807) is 0 Å². The molecule has 1 aliphatic rings. The standard InChI is InChI=1S/C23H29NO3/c1-2-26-17-18-27-21-13-11-20(12-14-21)24-22(25)23(15-7-4-8-16-23)19-9-5-3-6-10-19/h3,5-6,9-14H,2,4,7-8,15-18H2,1H3,(H,24,25). The van der Waals surface area contributed by atoms with Crippen molar-refractivity contribution in [3.8, 4) is 5.75 Å². The summed E-state index contributed by atoms with van der Waals surface area (Å²) in [5.41, 5.74) is 1.50. The monoisotopic (exact) mass is 367 g/mol. The summed E-state index contributed by atoms with van der Waals surface area (Å²) in [6.45, 7) is 3.76. The molecule has 1 saturated carbocycles. The molecule has 0 bridgehead atoms. The van der Waals surface area contributed by atoms with Crippen molar-refractivity contribution in [2.45, 2.75) is 44.4 Å². The Hall–Kier alpha value is -2.33. The van der Waals surface area contributed by atoms with Gasteiger partial charge in [0.15, 0.2) is 0 Å². The van der Waals surface area contributed by atoms with Crippen molar-refractivity contribution in [3.63, 3.8) is 0 Å². The molecule has 4 heteroatoms. The Bertz CT molecular complexity index is 706. The lowest BCUT2D eigenvalue weighted by Gasteiger charge is -2.36. The highest BCUT2D eigenvalue weighted by Gasteiger charge is 2.40. The molecular formula is C23H29NO3. The molecule has 27 heavy (non-hydrogen) atoms. The smallest absolute Gasteiger partial charge is 0.235 e. The third kappa shape index (κ3) is 4.89. The van der Waals surface area contributed by atoms with E-state index in [0.717, 1.165) is 42.7 Å². The molecule has 2 aromatic carbocycles. The molecule has 0 aromatic heterocycles. The average Bonchev–Trinajstić information content (AvgIpc) is 2.73. The number of ether oxygens (including phenoxy) is 2. The summed E-state index contributed by atoms with van der Waals surface area (Å²) in [4.78, 5) is 13.3. The number of anilines is 1. The van der Waals surface area contributed by atoms with Crippen LogP contribution in [0, 0.1) is 0 Å². The second-order valence-electron chi connectivity index (χ2n) is 7.03. The van der Waals surface area contributed by atoms with Crippen molar-refractivity contribution in [1.29, 1.82) is 0 Å². The fraction of sp³-hybridized carbons (Fsp3) is 0.435. The predicted octanol–water partition coefficient (Wildman–Crippen LogP) is 4.94. The van der Waals surface area contributed by atoms with Crippen LogP contribution in [0.2, 0.25) is 0 Å². The highest BCUT2D eigenvalue weighted by molar-refractivity contribution is 5.99. The van der Waals surface area contributed by atoms with Crippen LogP contribution in [0.3, 0.4) is 0 Å². The van der Waals surface area contributed by atoms with E-state index >= 15 is 0 Å². The number of carbonyl (C=O) groups excluding carboxylic acids is 1. The zero-order valence-corrected chi connectivity index (χ0v) is 16.1. The summed E-state index contributed by atoms with van der Waals surface area (Å²) in [6.07, 6.45) is 5.20. The normalized spacial score (nSPS) is 15.9. The Morgan fingerprint density at radius 1 is 0.963 bits per heavy atom. The fourth-order valence-corrected chi connectivity index (χ4v) is 3.81. The first-order chi connectivity index (χ1) is 13.2. The molecule has 0 unspecified atom stereocenters. The zero-order valence-electron chi connectivity index (χ0n) is 16.1. The van der Waals surface area contributed by atoms with Crippen molar-refractivity contribution in [2.24, 2.45) is 0 Å². The number of hydrogen-bond donors (Lipinski definition) is 1. The summed E-state index contributed by atoms with van der Waals surface area (Å²) in [6, 6.07) is 17.8. The molecule has 0 spiro atoms. The minimum atomic E-state index is -0.424. The molecule has 1 fully saturated rings. The largest absolute Gasteiger partial charge is 0.491 e. The Morgan fingerprint density at radius 3 is 2.33 bits per heavy atom. The Labute approximate surface area is 161 Å². The molecule has 4 nitrogen and oxygen atoms in total. The van der Waals surface area contributed by atoms with Crippen LogP contribution in [0.4, 0.5) is 5.69 Å². The van der Waals surface area contributed by atoms with Crippen molar-refractivity contribution in [2.75, 3.05) is 25.1 Å². The molecule has 0 radical (unpaired) electrons. The fourth-order valence-electron chi connectivity index (χ4n) is 3.81. The molecule has 0 saturated heterocycles. The lowest BCUT2D eigenvalue weighted by atomic mass is 9.68. The molecule has 1 aliphatic carbocycles. The topological polar surface area (TPSA) is 47.6 Å². The first-order valence-corrected chi connectivity index (χ1v) is 9.92. The number of rotatable bonds is 8. The Balaban J connectivity index is 1.67. The maximum atomic E-state index is 13.3. The first-order valence-electron chi connectivity index (χ1n) is 9.92. The molecule has 2 aromatic rings. The second-order valence-corrected chi connectivity index (χ2v) is 7.03. The first kappa shape index (κ1) is 19.4. The van der Waals surface area contributed by atoms with Crippen LogP contribution in [-0.2, 0) is 14.9 Å². The Morgan fingerprint density at radius 2 is 1.67 bits per heavy atom. The van der Waals surface area contributed by atoms with E-state index in [1.165, 1.54) is 6.42 Å². The predicted molar refractivity (Wildman–Crippen MR) is 108 cm³/mol. The van der Waals surface area contributed by atoms with Gasteiger partial charge in [0.2, 0.25) is 5.91 Å². The summed E-state index contributed by atoms with van der Waals surface area (Å²) in [7, 11) is 0. The number of hydrogen-bond acceptors (Lipinski definition) is 3. The van der Waals surface area contributed by atoms with Gasteiger partial charge in [0.25, 0.3) is 0 Å². The van der Waals surface area contributed by atoms with E-state index in [4.69, 9.17) is 9.47 Å². The molecule has 3 rings (SSSR count). The van der Waals surface area contributed by atoms with Crippen molar-refractivity contribution in [3.05, 3.63) is 60.2 Å². The van der Waals surface area contributed by atoms with Gasteiger partial charge in [0.1, 0.15) is 12.4 Å². The van der Waals surface area contributed by atoms with E-state index < -0.39 is 5.41 Å². The summed E-state index contributed by atoms with van der Waals surface area (Å²) in [5, 5.41) is 3.14. The molecule has 1 amide bonds. The number of amides is 1. The van der Waals surface area contributed by atoms with Gasteiger partial charge in [-0.3, -0.25) is 4.79 Å². The zero-order chi connectivity index (χ0) is 19.0. The van der Waals surface area contributed by atoms with Crippen LogP contribution in [0.25, 0.3) is 0 Å². The summed E-state index contributed by atoms with van der Waals surface area (Å²) >= 11 is 0. The van der Waals surface area contributed by atoms with E-state index in [2.05, 4.69) is 17.4 Å². The maximum Gasteiger partial charge on any atom is 0.235 e. The van der Waals surface area contributed by atoms with Gasteiger partial charge in [-0.2, -0.15) is 0 Å². The lowest BCUT2D eigenvalue weighted by Crippen LogP contribution is -2.42. The van der Waals surface area contributed by atoms with Gasteiger partial charge in [-0.1, -0.05) is 49.6 Å². The molecule has 0 atom stereocenters. The van der Waals surface area contributed by atoms with Crippen LogP contribution in [-0.4, -0.2) is 25.7 Å². The Kier molecular flexibility index (Phi) is 6.88. The maximum absolute atomic E-state index is 13.3. The summed E-state index contributed by atoms with van der Waals surface area (Å²) < 4.78 is 10.9. The van der Waals surface area contributed by atoms with Crippen LogP contribution in [0.5, 0.6) is 5.75 Å². The minimum Gasteiger partial charge on any atom is -0.491 e. The van der Waals surface area contributed by atoms with Gasteiger partial charge in [0, 0.05) is 12.3 Å². The van der Waals surface area contributed by atoms with E-state index in [1.807, 2.05) is 49.4 Å². The van der Waals surface area contributed by atoms with Gasteiger partial charge in [-0.05, 0) is 49.6 Å². The van der Waals surface area contributed by atoms with Gasteiger partial charge in [-0.15, -0.1) is 0 Å².